The molecule has 0 bridgehead atoms. The van der Waals surface area contributed by atoms with Crippen molar-refractivity contribution in [3.8, 4) is 17.2 Å². The van der Waals surface area contributed by atoms with Crippen molar-refractivity contribution in [3.63, 3.8) is 0 Å². The van der Waals surface area contributed by atoms with Crippen LogP contribution < -0.4 is 30.4 Å². The first-order chi connectivity index (χ1) is 16.1. The number of amides is 2. The molecule has 8 nitrogen and oxygen atoms in total. The number of hydrazine groups is 1. The number of benzene rings is 3. The third-order valence-corrected chi connectivity index (χ3v) is 4.34. The van der Waals surface area contributed by atoms with Gasteiger partial charge < -0.3 is 14.2 Å². The molecule has 0 spiro atoms. The van der Waals surface area contributed by atoms with Crippen LogP contribution >= 0.6 is 12.2 Å². The van der Waals surface area contributed by atoms with Crippen LogP contribution in [-0.2, 0) is 4.79 Å². The van der Waals surface area contributed by atoms with Gasteiger partial charge in [-0.1, -0.05) is 36.4 Å². The fourth-order valence-electron chi connectivity index (χ4n) is 2.57. The highest BCUT2D eigenvalue weighted by atomic mass is 32.1. The predicted molar refractivity (Wildman–Crippen MR) is 127 cm³/mol. The fraction of sp³-hybridized carbons (Fsp3) is 0.125. The van der Waals surface area contributed by atoms with Gasteiger partial charge in [-0.25, -0.2) is 0 Å². The molecule has 0 unspecified atom stereocenters. The van der Waals surface area contributed by atoms with Crippen molar-refractivity contribution in [1.82, 2.24) is 16.2 Å². The van der Waals surface area contributed by atoms with Gasteiger partial charge in [0.15, 0.2) is 11.7 Å². The van der Waals surface area contributed by atoms with Gasteiger partial charge in [0.1, 0.15) is 30.5 Å². The van der Waals surface area contributed by atoms with E-state index >= 15 is 0 Å². The highest BCUT2D eigenvalue weighted by Gasteiger charge is 2.09. The van der Waals surface area contributed by atoms with Crippen LogP contribution in [-0.4, -0.2) is 36.7 Å². The summed E-state index contributed by atoms with van der Waals surface area (Å²) in [5.74, 6) is 1.07. The Labute approximate surface area is 196 Å². The van der Waals surface area contributed by atoms with Crippen LogP contribution in [0.3, 0.4) is 0 Å². The Balaban J connectivity index is 1.33. The van der Waals surface area contributed by atoms with E-state index in [-0.39, 0.29) is 11.7 Å². The van der Waals surface area contributed by atoms with E-state index in [0.29, 0.717) is 30.3 Å². The van der Waals surface area contributed by atoms with Gasteiger partial charge in [0.2, 0.25) is 0 Å². The molecule has 0 radical (unpaired) electrons. The van der Waals surface area contributed by atoms with Crippen LogP contribution in [0.5, 0.6) is 17.2 Å². The number of ether oxygens (including phenoxy) is 3. The first-order valence-corrected chi connectivity index (χ1v) is 10.5. The molecule has 33 heavy (non-hydrogen) atoms. The van der Waals surface area contributed by atoms with Crippen LogP contribution in [0.1, 0.15) is 10.4 Å². The van der Waals surface area contributed by atoms with E-state index in [1.165, 1.54) is 0 Å². The van der Waals surface area contributed by atoms with E-state index in [4.69, 9.17) is 26.4 Å². The molecular weight excluding hydrogens is 442 g/mol. The van der Waals surface area contributed by atoms with Crippen LogP contribution in [0, 0.1) is 0 Å². The summed E-state index contributed by atoms with van der Waals surface area (Å²) in [4.78, 5) is 24.1. The standard InChI is InChI=1S/C24H23N3O5S/c28-22(17-32-20-9-5-2-6-10-20)26-27-24(33)25-23(29)18-11-13-21(14-12-18)31-16-15-30-19-7-3-1-4-8-19/h1-14H,15-17H2,(H,26,28)(H2,25,27,29,33). The molecule has 0 saturated carbocycles. The Morgan fingerprint density at radius 1 is 0.667 bits per heavy atom. The van der Waals surface area contributed by atoms with Crippen molar-refractivity contribution in [3.05, 3.63) is 90.5 Å². The third-order valence-electron chi connectivity index (χ3n) is 4.14. The molecule has 170 valence electrons. The van der Waals surface area contributed by atoms with E-state index in [9.17, 15) is 9.59 Å². The van der Waals surface area contributed by atoms with E-state index in [1.807, 2.05) is 36.4 Å². The van der Waals surface area contributed by atoms with Crippen LogP contribution in [0.4, 0.5) is 0 Å². The minimum Gasteiger partial charge on any atom is -0.490 e. The van der Waals surface area contributed by atoms with Crippen molar-refractivity contribution in [1.29, 1.82) is 0 Å². The van der Waals surface area contributed by atoms with Crippen molar-refractivity contribution < 1.29 is 23.8 Å². The summed E-state index contributed by atoms with van der Waals surface area (Å²) in [5, 5.41) is 2.43. The monoisotopic (exact) mass is 465 g/mol. The van der Waals surface area contributed by atoms with Crippen LogP contribution in [0.2, 0.25) is 0 Å². The summed E-state index contributed by atoms with van der Waals surface area (Å²) in [6.07, 6.45) is 0. The Morgan fingerprint density at radius 2 is 1.18 bits per heavy atom. The minimum atomic E-state index is -0.451. The predicted octanol–water partition coefficient (Wildman–Crippen LogP) is 2.86. The van der Waals surface area contributed by atoms with Gasteiger partial charge in [0.25, 0.3) is 11.8 Å². The Kier molecular flexibility index (Phi) is 9.04. The second-order valence-electron chi connectivity index (χ2n) is 6.59. The Bertz CT molecular complexity index is 1050. The van der Waals surface area contributed by atoms with Crippen molar-refractivity contribution >= 4 is 29.1 Å². The zero-order valence-corrected chi connectivity index (χ0v) is 18.5. The Hall–Kier alpha value is -4.11. The summed E-state index contributed by atoms with van der Waals surface area (Å²) in [6.45, 7) is 0.557. The van der Waals surface area contributed by atoms with Gasteiger partial charge >= 0.3 is 0 Å². The second-order valence-corrected chi connectivity index (χ2v) is 7.00. The summed E-state index contributed by atoms with van der Waals surface area (Å²) in [6, 6.07) is 25.0. The topological polar surface area (TPSA) is 97.9 Å². The quantitative estimate of drug-likeness (QED) is 0.254. The average Bonchev–Trinajstić information content (AvgIpc) is 2.85. The molecule has 3 aromatic carbocycles. The molecule has 0 aromatic heterocycles. The lowest BCUT2D eigenvalue weighted by Crippen LogP contribution is -2.49. The van der Waals surface area contributed by atoms with Gasteiger partial charge in [-0.3, -0.25) is 25.8 Å². The van der Waals surface area contributed by atoms with Crippen molar-refractivity contribution in [2.45, 2.75) is 0 Å². The van der Waals surface area contributed by atoms with Gasteiger partial charge in [-0.2, -0.15) is 0 Å². The van der Waals surface area contributed by atoms with Gasteiger partial charge in [-0.15, -0.1) is 0 Å². The smallest absolute Gasteiger partial charge is 0.276 e. The molecule has 0 fully saturated rings. The van der Waals surface area contributed by atoms with Crippen LogP contribution in [0.25, 0.3) is 0 Å². The van der Waals surface area contributed by atoms with E-state index < -0.39 is 11.8 Å². The molecule has 0 heterocycles. The summed E-state index contributed by atoms with van der Waals surface area (Å²) >= 11 is 5.03. The zero-order valence-electron chi connectivity index (χ0n) is 17.7. The molecule has 3 N–H and O–H groups in total. The minimum absolute atomic E-state index is 0.0496. The number of para-hydroxylation sites is 2. The Morgan fingerprint density at radius 3 is 1.76 bits per heavy atom. The van der Waals surface area contributed by atoms with E-state index in [2.05, 4.69) is 16.2 Å². The number of hydrogen-bond acceptors (Lipinski definition) is 6. The number of carbonyl (C=O) groups is 2. The zero-order chi connectivity index (χ0) is 23.3. The number of hydrogen-bond donors (Lipinski definition) is 3. The first kappa shape index (κ1) is 23.6. The van der Waals surface area contributed by atoms with Crippen molar-refractivity contribution in [2.24, 2.45) is 0 Å². The second kappa shape index (κ2) is 12.7. The fourth-order valence-corrected chi connectivity index (χ4v) is 2.72. The lowest BCUT2D eigenvalue weighted by molar-refractivity contribution is -0.123. The maximum atomic E-state index is 12.3. The average molecular weight is 466 g/mol. The SMILES string of the molecule is O=C(COc1ccccc1)NNC(=S)NC(=O)c1ccc(OCCOc2ccccc2)cc1. The van der Waals surface area contributed by atoms with E-state index in [0.717, 1.165) is 5.75 Å². The summed E-state index contributed by atoms with van der Waals surface area (Å²) < 4.78 is 16.5. The molecule has 3 rings (SSSR count). The molecule has 0 atom stereocenters. The lowest BCUT2D eigenvalue weighted by atomic mass is 10.2. The molecule has 0 aliphatic carbocycles. The van der Waals surface area contributed by atoms with Crippen LogP contribution in [0.15, 0.2) is 84.9 Å². The number of rotatable bonds is 9. The number of thiocarbonyl (C=S) groups is 1. The number of nitrogens with one attached hydrogen (secondary N) is 3. The van der Waals surface area contributed by atoms with Crippen molar-refractivity contribution in [2.75, 3.05) is 19.8 Å². The normalized spacial score (nSPS) is 9.94. The van der Waals surface area contributed by atoms with Gasteiger partial charge in [0.05, 0.1) is 0 Å². The molecule has 0 aliphatic heterocycles. The molecule has 3 aromatic rings. The largest absolute Gasteiger partial charge is 0.490 e. The summed E-state index contributed by atoms with van der Waals surface area (Å²) in [5.41, 5.74) is 5.20. The summed E-state index contributed by atoms with van der Waals surface area (Å²) in [7, 11) is 0. The third kappa shape index (κ3) is 8.50. The maximum Gasteiger partial charge on any atom is 0.276 e. The molecule has 9 heteroatoms. The molecule has 0 aliphatic rings. The highest BCUT2D eigenvalue weighted by molar-refractivity contribution is 7.80. The van der Waals surface area contributed by atoms with E-state index in [1.54, 1.807) is 48.5 Å². The molecule has 2 amide bonds. The first-order valence-electron chi connectivity index (χ1n) is 10.1. The molecule has 0 saturated heterocycles. The number of carbonyl (C=O) groups excluding carboxylic acids is 2. The maximum absolute atomic E-state index is 12.3. The highest BCUT2D eigenvalue weighted by Crippen LogP contribution is 2.13. The van der Waals surface area contributed by atoms with Gasteiger partial charge in [0, 0.05) is 5.56 Å². The lowest BCUT2D eigenvalue weighted by Gasteiger charge is -2.12. The van der Waals surface area contributed by atoms with Gasteiger partial charge in [-0.05, 0) is 60.7 Å². The molecular formula is C24H23N3O5S.